The number of benzene rings is 2. The van der Waals surface area contributed by atoms with Gasteiger partial charge in [-0.2, -0.15) is 31.4 Å². The van der Waals surface area contributed by atoms with Crippen molar-refractivity contribution < 1.29 is 79.1 Å². The minimum Gasteiger partial charge on any atom is -0.506 e. The third-order valence-corrected chi connectivity index (χ3v) is 10.5. The van der Waals surface area contributed by atoms with Crippen LogP contribution in [0, 0.1) is 0 Å². The number of phenolic OH excluding ortho intramolecular Hbond substituents is 1. The van der Waals surface area contributed by atoms with E-state index in [1.54, 1.807) is 0 Å². The molecule has 0 spiro atoms. The van der Waals surface area contributed by atoms with Gasteiger partial charge in [0.25, 0.3) is 11.8 Å². The van der Waals surface area contributed by atoms with Gasteiger partial charge in [-0.25, -0.2) is 5.84 Å². The van der Waals surface area contributed by atoms with Gasteiger partial charge in [0.15, 0.2) is 5.69 Å². The molecule has 4 heterocycles. The fraction of sp³-hybridized carbons (Fsp3) is 0.386. The van der Waals surface area contributed by atoms with Crippen molar-refractivity contribution in [3.8, 4) is 39.6 Å². The molecule has 1 unspecified atom stereocenters. The van der Waals surface area contributed by atoms with Gasteiger partial charge in [0.05, 0.1) is 79.8 Å². The molecule has 1 atom stereocenters. The van der Waals surface area contributed by atoms with E-state index in [2.05, 4.69) is 20.7 Å². The topological polar surface area (TPSA) is 265 Å². The number of ether oxygens (including phenoxy) is 5. The number of phenols is 1. The summed E-state index contributed by atoms with van der Waals surface area (Å²) in [7, 11) is 1.21. The Balaban J connectivity index is 0.846. The molecule has 70 heavy (non-hydrogen) atoms. The summed E-state index contributed by atoms with van der Waals surface area (Å²) in [6, 6.07) is 7.26. The van der Waals surface area contributed by atoms with Crippen molar-refractivity contribution >= 4 is 29.5 Å². The number of nitrogens with one attached hydrogen (secondary N) is 2. The number of rotatable bonds is 23. The number of nitrogens with zero attached hydrogens (tertiary/aromatic N) is 5. The van der Waals surface area contributed by atoms with Gasteiger partial charge in [-0.05, 0) is 49.2 Å². The molecule has 7 N–H and O–H groups in total. The minimum absolute atomic E-state index is 0.00976. The first kappa shape index (κ1) is 52.1. The standard InChI is InChI=1S/C44H47F6N9O11/c1-57-31(19-34(56-57)44(48,49)50)28-6-8-33(37(39(28)62)25-18-26(21-53-20-25)43(45,46)47)69-12-3-10-54-36(61)24-68-17-16-67-15-14-66-13-11-58(52)22-27(51)23-70-32-5-2-4-29-38(32)42(65)59(41(29)64)30-7-9-35(60)55-40(30)63/h2,4-6,8,18-22,30,62H,3,7,9-17,23-24,51-52H2,1H3,(H,54,61)(H,55,60,63)/b27-22-. The quantitative estimate of drug-likeness (QED) is 0.0235. The van der Waals surface area contributed by atoms with E-state index in [4.69, 9.17) is 35.3 Å². The van der Waals surface area contributed by atoms with Crippen molar-refractivity contribution in [3.05, 3.63) is 89.1 Å². The first-order valence-electron chi connectivity index (χ1n) is 21.3. The van der Waals surface area contributed by atoms with E-state index in [0.29, 0.717) is 12.3 Å². The molecule has 2 aromatic carbocycles. The number of aromatic hydroxyl groups is 1. The molecule has 2 aromatic heterocycles. The van der Waals surface area contributed by atoms with Crippen molar-refractivity contribution in [2.24, 2.45) is 18.6 Å². The highest BCUT2D eigenvalue weighted by Crippen LogP contribution is 2.46. The van der Waals surface area contributed by atoms with Crippen molar-refractivity contribution in [2.45, 2.75) is 37.7 Å². The van der Waals surface area contributed by atoms with Crippen LogP contribution in [-0.2, 0) is 48.0 Å². The Morgan fingerprint density at radius 2 is 1.60 bits per heavy atom. The number of halogens is 6. The summed E-state index contributed by atoms with van der Waals surface area (Å²) in [5.74, 6) is 2.22. The molecular weight excluding hydrogens is 945 g/mol. The zero-order chi connectivity index (χ0) is 50.8. The molecule has 5 amide bonds. The number of aryl methyl sites for hydroxylation is 1. The lowest BCUT2D eigenvalue weighted by atomic mass is 9.98. The van der Waals surface area contributed by atoms with Gasteiger partial charge in [0.2, 0.25) is 17.7 Å². The van der Waals surface area contributed by atoms with Crippen LogP contribution in [0.3, 0.4) is 0 Å². The largest absolute Gasteiger partial charge is 0.506 e. The number of hydrogen-bond acceptors (Lipinski definition) is 16. The molecule has 26 heteroatoms. The van der Waals surface area contributed by atoms with Gasteiger partial charge in [0, 0.05) is 49.7 Å². The number of fused-ring (bicyclic) bond motifs is 1. The van der Waals surface area contributed by atoms with E-state index in [1.165, 1.54) is 48.6 Å². The molecule has 2 aliphatic heterocycles. The van der Waals surface area contributed by atoms with Crippen molar-refractivity contribution in [1.82, 2.24) is 35.3 Å². The number of alkyl halides is 6. The number of aromatic nitrogens is 3. The lowest BCUT2D eigenvalue weighted by Crippen LogP contribution is -2.54. The van der Waals surface area contributed by atoms with Gasteiger partial charge in [-0.1, -0.05) is 6.07 Å². The molecule has 0 radical (unpaired) electrons. The number of piperidine rings is 1. The fourth-order valence-corrected chi connectivity index (χ4v) is 7.16. The van der Waals surface area contributed by atoms with Crippen LogP contribution in [0.2, 0.25) is 0 Å². The van der Waals surface area contributed by atoms with Crippen LogP contribution < -0.4 is 31.7 Å². The molecule has 0 bridgehead atoms. The number of hydrogen-bond donors (Lipinski definition) is 5. The first-order chi connectivity index (χ1) is 33.2. The number of amides is 5. The third-order valence-electron chi connectivity index (χ3n) is 10.5. The van der Waals surface area contributed by atoms with Gasteiger partial charge in [-0.15, -0.1) is 0 Å². The zero-order valence-electron chi connectivity index (χ0n) is 37.2. The van der Waals surface area contributed by atoms with Crippen molar-refractivity contribution in [1.29, 1.82) is 0 Å². The maximum atomic E-state index is 13.6. The first-order valence-corrected chi connectivity index (χ1v) is 21.3. The number of pyridine rings is 1. The molecule has 376 valence electrons. The molecule has 2 aliphatic rings. The Bertz CT molecular complexity index is 2610. The van der Waals surface area contributed by atoms with E-state index in [1.807, 2.05) is 0 Å². The summed E-state index contributed by atoms with van der Waals surface area (Å²) in [5, 5.41) is 20.7. The number of nitrogens with two attached hydrogens (primary N) is 2. The average Bonchev–Trinajstić information content (AvgIpc) is 3.82. The summed E-state index contributed by atoms with van der Waals surface area (Å²) in [4.78, 5) is 67.0. The number of carbonyl (C=O) groups is 5. The highest BCUT2D eigenvalue weighted by molar-refractivity contribution is 6.24. The summed E-state index contributed by atoms with van der Waals surface area (Å²) in [6.07, 6.45) is -6.38. The molecule has 6 rings (SSSR count). The van der Waals surface area contributed by atoms with Crippen LogP contribution >= 0.6 is 0 Å². The number of imide groups is 2. The Labute approximate surface area is 394 Å². The summed E-state index contributed by atoms with van der Waals surface area (Å²) in [6.45, 7) is 0.550. The van der Waals surface area contributed by atoms with Crippen LogP contribution in [0.4, 0.5) is 26.3 Å². The maximum Gasteiger partial charge on any atom is 0.435 e. The van der Waals surface area contributed by atoms with Crippen molar-refractivity contribution in [3.63, 3.8) is 0 Å². The second-order valence-corrected chi connectivity index (χ2v) is 15.5. The smallest absolute Gasteiger partial charge is 0.435 e. The average molecular weight is 992 g/mol. The van der Waals surface area contributed by atoms with Crippen LogP contribution in [0.25, 0.3) is 22.4 Å². The van der Waals surface area contributed by atoms with Gasteiger partial charge >= 0.3 is 12.4 Å². The van der Waals surface area contributed by atoms with Gasteiger partial charge in [-0.3, -0.25) is 43.9 Å². The number of carbonyl (C=O) groups excluding carboxylic acids is 5. The second kappa shape index (κ2) is 22.9. The molecule has 0 aliphatic carbocycles. The highest BCUT2D eigenvalue weighted by Gasteiger charge is 2.46. The molecule has 1 saturated heterocycles. The van der Waals surface area contributed by atoms with E-state index in [-0.39, 0.29) is 136 Å². The number of hydrazine groups is 1. The third kappa shape index (κ3) is 13.1. The SMILES string of the molecule is Cn1nc(C(F)(F)F)cc1-c1ccc(OCCCNC(=O)COCCOCCOCCN(N)/C=C(\N)COc2cccc3c2C(=O)N(C2CCC(=O)NC2=O)C3=O)c(-c2cncc(C(F)(F)F)c2)c1O. The lowest BCUT2D eigenvalue weighted by Gasteiger charge is -2.27. The van der Waals surface area contributed by atoms with Crippen LogP contribution in [0.15, 0.2) is 66.8 Å². The second-order valence-electron chi connectivity index (χ2n) is 15.5. The Morgan fingerprint density at radius 1 is 0.886 bits per heavy atom. The molecule has 20 nitrogen and oxygen atoms in total. The monoisotopic (exact) mass is 991 g/mol. The van der Waals surface area contributed by atoms with E-state index in [9.17, 15) is 55.4 Å². The van der Waals surface area contributed by atoms with Crippen molar-refractivity contribution in [2.75, 3.05) is 65.9 Å². The van der Waals surface area contributed by atoms with E-state index >= 15 is 0 Å². The highest BCUT2D eigenvalue weighted by atomic mass is 19.4. The maximum absolute atomic E-state index is 13.6. The molecular formula is C44H47F6N9O11. The summed E-state index contributed by atoms with van der Waals surface area (Å²) >= 11 is 0. The van der Waals surface area contributed by atoms with Gasteiger partial charge in [0.1, 0.15) is 36.5 Å². The summed E-state index contributed by atoms with van der Waals surface area (Å²) < 4.78 is 109. The fourth-order valence-electron chi connectivity index (χ4n) is 7.16. The van der Waals surface area contributed by atoms with Gasteiger partial charge < -0.3 is 44.9 Å². The Kier molecular flexibility index (Phi) is 17.0. The molecule has 0 saturated carbocycles. The Hall–Kier alpha value is -7.29. The van der Waals surface area contributed by atoms with Crippen LogP contribution in [-0.4, -0.2) is 131 Å². The summed E-state index contributed by atoms with van der Waals surface area (Å²) in [5.41, 5.74) is 3.10. The van der Waals surface area contributed by atoms with E-state index < -0.39 is 64.9 Å². The zero-order valence-corrected chi connectivity index (χ0v) is 37.2. The minimum atomic E-state index is -4.80. The predicted molar refractivity (Wildman–Crippen MR) is 231 cm³/mol. The molecule has 4 aromatic rings. The lowest BCUT2D eigenvalue weighted by molar-refractivity contribution is -0.141. The van der Waals surface area contributed by atoms with Crippen LogP contribution in [0.5, 0.6) is 17.2 Å². The molecule has 1 fully saturated rings. The van der Waals surface area contributed by atoms with Crippen LogP contribution in [0.1, 0.15) is 51.2 Å². The van der Waals surface area contributed by atoms with E-state index in [0.717, 1.165) is 21.8 Å². The normalized spacial score (nSPS) is 15.3. The predicted octanol–water partition coefficient (Wildman–Crippen LogP) is 3.28. The Morgan fingerprint density at radius 3 is 2.30 bits per heavy atom.